The van der Waals surface area contributed by atoms with Crippen molar-refractivity contribution in [3.63, 3.8) is 0 Å². The number of aliphatic imine (C=N–C) groups is 1. The van der Waals surface area contributed by atoms with E-state index in [2.05, 4.69) is 38.2 Å². The first-order valence-corrected chi connectivity index (χ1v) is 9.60. The molecule has 1 aromatic heterocycles. The average Bonchev–Trinajstić information content (AvgIpc) is 2.69. The second-order valence-corrected chi connectivity index (χ2v) is 7.20. The number of benzene rings is 1. The van der Waals surface area contributed by atoms with Crippen LogP contribution in [0.2, 0.25) is 0 Å². The summed E-state index contributed by atoms with van der Waals surface area (Å²) in [6, 6.07) is 10.8. The van der Waals surface area contributed by atoms with Crippen molar-refractivity contribution in [3.8, 4) is 0 Å². The highest BCUT2D eigenvalue weighted by Gasteiger charge is 2.15. The van der Waals surface area contributed by atoms with E-state index in [0.29, 0.717) is 13.1 Å². The number of anilines is 1. The third-order valence-electron chi connectivity index (χ3n) is 4.97. The highest BCUT2D eigenvalue weighted by Crippen LogP contribution is 2.15. The number of nitrogens with zero attached hydrogens (tertiary/aromatic N) is 5. The molecule has 1 N–H and O–H groups in total. The van der Waals surface area contributed by atoms with Gasteiger partial charge in [0.2, 0.25) is 0 Å². The highest BCUT2D eigenvalue weighted by atomic mass is 127. The monoisotopic (exact) mass is 512 g/mol. The van der Waals surface area contributed by atoms with E-state index in [1.54, 1.807) is 19.2 Å². The minimum Gasteiger partial charge on any atom is -0.354 e. The van der Waals surface area contributed by atoms with Gasteiger partial charge in [0.15, 0.2) is 5.96 Å². The molecule has 1 aromatic carbocycles. The van der Waals surface area contributed by atoms with Crippen LogP contribution in [0.15, 0.2) is 47.6 Å². The Morgan fingerprint density at radius 3 is 2.62 bits per heavy atom. The summed E-state index contributed by atoms with van der Waals surface area (Å²) in [5.74, 6) is 1.57. The molecule has 2 aromatic rings. The van der Waals surface area contributed by atoms with Crippen molar-refractivity contribution in [2.45, 2.75) is 13.1 Å². The fraction of sp³-hybridized carbons (Fsp3) is 0.429. The molecule has 0 spiro atoms. The van der Waals surface area contributed by atoms with Crippen LogP contribution in [0.4, 0.5) is 10.2 Å². The summed E-state index contributed by atoms with van der Waals surface area (Å²) in [7, 11) is 5.85. The summed E-state index contributed by atoms with van der Waals surface area (Å²) >= 11 is 0. The molecule has 0 aliphatic carbocycles. The van der Waals surface area contributed by atoms with Crippen LogP contribution in [-0.2, 0) is 13.1 Å². The molecule has 6 nitrogen and oxygen atoms in total. The lowest BCUT2D eigenvalue weighted by Crippen LogP contribution is -2.44. The average molecular weight is 512 g/mol. The largest absolute Gasteiger partial charge is 0.354 e. The Balaban J connectivity index is 0.00000300. The van der Waals surface area contributed by atoms with Crippen LogP contribution in [0.5, 0.6) is 0 Å². The number of guanidine groups is 1. The second-order valence-electron chi connectivity index (χ2n) is 7.20. The standard InChI is InChI=1S/C21H29FN6.HI/c1-23-21(27(3)16-18-5-4-6-19(22)13-18)25-15-17-7-8-24-20(14-17)28-11-9-26(2)10-12-28;/h4-8,13-14H,9-12,15-16H2,1-3H3,(H,23,25);1H. The third-order valence-corrected chi connectivity index (χ3v) is 4.97. The molecule has 0 atom stereocenters. The molecule has 2 heterocycles. The lowest BCUT2D eigenvalue weighted by atomic mass is 10.2. The predicted molar refractivity (Wildman–Crippen MR) is 127 cm³/mol. The molecule has 1 fully saturated rings. The van der Waals surface area contributed by atoms with Gasteiger partial charge < -0.3 is 20.0 Å². The number of likely N-dealkylation sites (N-methyl/N-ethyl adjacent to an activating group) is 1. The van der Waals surface area contributed by atoms with Crippen LogP contribution in [-0.4, -0.2) is 68.1 Å². The summed E-state index contributed by atoms with van der Waals surface area (Å²) in [5, 5.41) is 3.39. The normalized spacial score (nSPS) is 15.0. The van der Waals surface area contributed by atoms with Crippen molar-refractivity contribution in [1.29, 1.82) is 0 Å². The summed E-state index contributed by atoms with van der Waals surface area (Å²) in [4.78, 5) is 15.5. The topological polar surface area (TPSA) is 47.0 Å². The van der Waals surface area contributed by atoms with E-state index in [9.17, 15) is 4.39 Å². The molecule has 0 bridgehead atoms. The first kappa shape index (κ1) is 23.3. The van der Waals surface area contributed by atoms with Crippen LogP contribution < -0.4 is 10.2 Å². The van der Waals surface area contributed by atoms with Gasteiger partial charge in [0, 0.05) is 59.6 Å². The number of pyridine rings is 1. The quantitative estimate of drug-likeness (QED) is 0.380. The summed E-state index contributed by atoms with van der Waals surface area (Å²) in [5.41, 5.74) is 2.07. The first-order valence-electron chi connectivity index (χ1n) is 9.60. The van der Waals surface area contributed by atoms with E-state index in [1.165, 1.54) is 6.07 Å². The van der Waals surface area contributed by atoms with Crippen LogP contribution >= 0.6 is 24.0 Å². The number of hydrogen-bond donors (Lipinski definition) is 1. The van der Waals surface area contributed by atoms with Gasteiger partial charge in [-0.1, -0.05) is 12.1 Å². The maximum atomic E-state index is 13.4. The Labute approximate surface area is 189 Å². The molecule has 0 amide bonds. The number of halogens is 2. The highest BCUT2D eigenvalue weighted by molar-refractivity contribution is 14.0. The van der Waals surface area contributed by atoms with Crippen LogP contribution in [0.3, 0.4) is 0 Å². The van der Waals surface area contributed by atoms with Gasteiger partial charge in [0.05, 0.1) is 0 Å². The Morgan fingerprint density at radius 1 is 1.17 bits per heavy atom. The molecule has 1 aliphatic heterocycles. The van der Waals surface area contributed by atoms with Gasteiger partial charge in [0.1, 0.15) is 11.6 Å². The fourth-order valence-electron chi connectivity index (χ4n) is 3.33. The molecule has 0 radical (unpaired) electrons. The zero-order valence-corrected chi connectivity index (χ0v) is 19.6. The van der Waals surface area contributed by atoms with E-state index in [1.807, 2.05) is 30.3 Å². The molecule has 3 rings (SSSR count). The van der Waals surface area contributed by atoms with E-state index in [-0.39, 0.29) is 29.8 Å². The van der Waals surface area contributed by atoms with Gasteiger partial charge in [-0.05, 0) is 42.4 Å². The first-order chi connectivity index (χ1) is 13.5. The van der Waals surface area contributed by atoms with E-state index in [4.69, 9.17) is 0 Å². The Bertz CT molecular complexity index is 807. The maximum Gasteiger partial charge on any atom is 0.193 e. The van der Waals surface area contributed by atoms with Gasteiger partial charge >= 0.3 is 0 Å². The fourth-order valence-corrected chi connectivity index (χ4v) is 3.33. The second kappa shape index (κ2) is 11.3. The molecule has 0 saturated carbocycles. The van der Waals surface area contributed by atoms with E-state index in [0.717, 1.165) is 49.1 Å². The minimum absolute atomic E-state index is 0. The lowest BCUT2D eigenvalue weighted by Gasteiger charge is -2.33. The predicted octanol–water partition coefficient (Wildman–Crippen LogP) is 2.80. The van der Waals surface area contributed by atoms with Crippen molar-refractivity contribution < 1.29 is 4.39 Å². The van der Waals surface area contributed by atoms with Gasteiger partial charge in [-0.3, -0.25) is 4.99 Å². The van der Waals surface area contributed by atoms with Crippen molar-refractivity contribution in [3.05, 3.63) is 59.5 Å². The zero-order chi connectivity index (χ0) is 19.9. The molecule has 1 aliphatic rings. The van der Waals surface area contributed by atoms with E-state index < -0.39 is 0 Å². The molecule has 0 unspecified atom stereocenters. The molecule has 29 heavy (non-hydrogen) atoms. The van der Waals surface area contributed by atoms with Gasteiger partial charge in [-0.25, -0.2) is 9.37 Å². The molecular formula is C21H30FIN6. The Kier molecular flexibility index (Phi) is 9.09. The van der Waals surface area contributed by atoms with E-state index >= 15 is 0 Å². The Hall–Kier alpha value is -1.94. The SMILES string of the molecule is CN=C(NCc1ccnc(N2CCN(C)CC2)c1)N(C)Cc1cccc(F)c1.I. The van der Waals surface area contributed by atoms with Crippen molar-refractivity contribution in [2.75, 3.05) is 52.2 Å². The summed E-state index contributed by atoms with van der Waals surface area (Å²) in [6.45, 7) is 5.35. The number of rotatable bonds is 5. The number of piperazine rings is 1. The number of hydrogen-bond acceptors (Lipinski definition) is 4. The molecular weight excluding hydrogens is 482 g/mol. The smallest absolute Gasteiger partial charge is 0.193 e. The third kappa shape index (κ3) is 6.81. The summed E-state index contributed by atoms with van der Waals surface area (Å²) < 4.78 is 13.4. The van der Waals surface area contributed by atoms with Gasteiger partial charge in [0.25, 0.3) is 0 Å². The van der Waals surface area contributed by atoms with Gasteiger partial charge in [-0.2, -0.15) is 0 Å². The van der Waals surface area contributed by atoms with Crippen molar-refractivity contribution >= 4 is 35.8 Å². The summed E-state index contributed by atoms with van der Waals surface area (Å²) in [6.07, 6.45) is 1.86. The Morgan fingerprint density at radius 2 is 1.93 bits per heavy atom. The van der Waals surface area contributed by atoms with Crippen LogP contribution in [0, 0.1) is 5.82 Å². The van der Waals surface area contributed by atoms with Crippen LogP contribution in [0.1, 0.15) is 11.1 Å². The zero-order valence-electron chi connectivity index (χ0n) is 17.3. The van der Waals surface area contributed by atoms with Crippen molar-refractivity contribution in [2.24, 2.45) is 4.99 Å². The molecule has 1 saturated heterocycles. The molecule has 158 valence electrons. The van der Waals surface area contributed by atoms with Gasteiger partial charge in [-0.15, -0.1) is 24.0 Å². The maximum absolute atomic E-state index is 13.4. The number of nitrogens with one attached hydrogen (secondary N) is 1. The van der Waals surface area contributed by atoms with Crippen LogP contribution in [0.25, 0.3) is 0 Å². The molecule has 8 heteroatoms. The number of aromatic nitrogens is 1. The lowest BCUT2D eigenvalue weighted by molar-refractivity contribution is 0.312. The minimum atomic E-state index is -0.220. The van der Waals surface area contributed by atoms with Crippen molar-refractivity contribution in [1.82, 2.24) is 20.1 Å².